The van der Waals surface area contributed by atoms with E-state index in [-0.39, 0.29) is 23.4 Å². The number of hydrogen-bond donors (Lipinski definition) is 0. The fourth-order valence-corrected chi connectivity index (χ4v) is 3.81. The summed E-state index contributed by atoms with van der Waals surface area (Å²) in [4.78, 5) is 12.7. The van der Waals surface area contributed by atoms with E-state index in [1.54, 1.807) is 7.11 Å². The minimum Gasteiger partial charge on any atom is -0.497 e. The Morgan fingerprint density at radius 3 is 2.61 bits per heavy atom. The van der Waals surface area contributed by atoms with Gasteiger partial charge in [0.1, 0.15) is 23.7 Å². The van der Waals surface area contributed by atoms with Gasteiger partial charge < -0.3 is 18.9 Å². The minimum atomic E-state index is -0.245. The van der Waals surface area contributed by atoms with Gasteiger partial charge in [0.05, 0.1) is 20.3 Å². The number of carbonyl (C=O) groups is 1. The fraction of sp³-hybridized carbons (Fsp3) is 0.609. The highest BCUT2D eigenvalue weighted by Crippen LogP contribution is 2.38. The second kappa shape index (κ2) is 9.10. The smallest absolute Gasteiger partial charge is 0.162 e. The molecule has 0 aromatic heterocycles. The summed E-state index contributed by atoms with van der Waals surface area (Å²) in [5.74, 6) is 1.66. The summed E-state index contributed by atoms with van der Waals surface area (Å²) >= 11 is 0. The molecule has 1 heterocycles. The highest BCUT2D eigenvalue weighted by Gasteiger charge is 2.37. The number of benzene rings is 1. The molecule has 0 N–H and O–H groups in total. The first-order valence-electron chi connectivity index (χ1n) is 10.1. The summed E-state index contributed by atoms with van der Waals surface area (Å²) in [7, 11) is 1.66. The number of hydrogen-bond acceptors (Lipinski definition) is 5. The van der Waals surface area contributed by atoms with E-state index in [0.29, 0.717) is 31.0 Å². The van der Waals surface area contributed by atoms with Crippen molar-refractivity contribution in [3.05, 3.63) is 41.2 Å². The van der Waals surface area contributed by atoms with E-state index >= 15 is 0 Å². The van der Waals surface area contributed by atoms with Gasteiger partial charge >= 0.3 is 0 Å². The van der Waals surface area contributed by atoms with Crippen molar-refractivity contribution in [3.8, 4) is 5.75 Å². The Morgan fingerprint density at radius 2 is 1.96 bits per heavy atom. The van der Waals surface area contributed by atoms with Gasteiger partial charge in [0.15, 0.2) is 5.78 Å². The molecular formula is C23H32O5. The maximum absolute atomic E-state index is 12.7. The van der Waals surface area contributed by atoms with Crippen LogP contribution in [0.15, 0.2) is 35.6 Å². The SMILES string of the molecule is COc1ccc(COC2CC(C)(C)CC(=O)C(C)=C2OC2CCCOC2)cc1. The van der Waals surface area contributed by atoms with Crippen molar-refractivity contribution in [2.24, 2.45) is 5.41 Å². The number of ketones is 1. The van der Waals surface area contributed by atoms with Crippen LogP contribution >= 0.6 is 0 Å². The van der Waals surface area contributed by atoms with Crippen molar-refractivity contribution in [1.82, 2.24) is 0 Å². The van der Waals surface area contributed by atoms with Gasteiger partial charge in [0.25, 0.3) is 0 Å². The average molecular weight is 389 g/mol. The van der Waals surface area contributed by atoms with Crippen molar-refractivity contribution >= 4 is 5.78 Å². The molecule has 1 aromatic carbocycles. The van der Waals surface area contributed by atoms with E-state index < -0.39 is 0 Å². The van der Waals surface area contributed by atoms with E-state index in [4.69, 9.17) is 18.9 Å². The molecular weight excluding hydrogens is 356 g/mol. The van der Waals surface area contributed by atoms with Crippen LogP contribution in [0.4, 0.5) is 0 Å². The molecule has 1 saturated heterocycles. The predicted molar refractivity (Wildman–Crippen MR) is 107 cm³/mol. The zero-order valence-electron chi connectivity index (χ0n) is 17.5. The largest absolute Gasteiger partial charge is 0.497 e. The van der Waals surface area contributed by atoms with Crippen LogP contribution in [0.1, 0.15) is 52.0 Å². The van der Waals surface area contributed by atoms with Gasteiger partial charge in [0.2, 0.25) is 0 Å². The van der Waals surface area contributed by atoms with Crippen LogP contribution in [0.3, 0.4) is 0 Å². The molecule has 0 amide bonds. The van der Waals surface area contributed by atoms with Gasteiger partial charge in [-0.3, -0.25) is 4.79 Å². The molecule has 1 aliphatic heterocycles. The summed E-state index contributed by atoms with van der Waals surface area (Å²) in [5.41, 5.74) is 1.61. The van der Waals surface area contributed by atoms with Crippen LogP contribution in [0.25, 0.3) is 0 Å². The normalized spacial score (nSPS) is 25.4. The average Bonchev–Trinajstić information content (AvgIpc) is 2.76. The predicted octanol–water partition coefficient (Wildman–Crippen LogP) is 4.44. The van der Waals surface area contributed by atoms with Gasteiger partial charge in [0, 0.05) is 18.6 Å². The number of Topliss-reactive ketones (excluding diaryl/α,β-unsaturated/α-hetero) is 1. The third-order valence-corrected chi connectivity index (χ3v) is 5.48. The molecule has 28 heavy (non-hydrogen) atoms. The number of methoxy groups -OCH3 is 1. The van der Waals surface area contributed by atoms with Crippen LogP contribution in [-0.2, 0) is 25.6 Å². The summed E-state index contributed by atoms with van der Waals surface area (Å²) in [6, 6.07) is 7.85. The molecule has 2 unspecified atom stereocenters. The molecule has 0 radical (unpaired) electrons. The molecule has 0 bridgehead atoms. The number of rotatable bonds is 6. The highest BCUT2D eigenvalue weighted by molar-refractivity contribution is 5.96. The van der Waals surface area contributed by atoms with E-state index in [1.165, 1.54) is 0 Å². The van der Waals surface area contributed by atoms with E-state index in [1.807, 2.05) is 31.2 Å². The first kappa shape index (κ1) is 20.9. The summed E-state index contributed by atoms with van der Waals surface area (Å²) < 4.78 is 23.4. The van der Waals surface area contributed by atoms with E-state index in [9.17, 15) is 4.79 Å². The third kappa shape index (κ3) is 5.36. The Labute approximate surface area is 168 Å². The molecule has 0 spiro atoms. The van der Waals surface area contributed by atoms with Crippen LogP contribution in [0, 0.1) is 5.41 Å². The van der Waals surface area contributed by atoms with E-state index in [0.717, 1.165) is 37.2 Å². The maximum atomic E-state index is 12.7. The Balaban J connectivity index is 1.78. The van der Waals surface area contributed by atoms with Crippen molar-refractivity contribution in [2.45, 2.75) is 65.3 Å². The molecule has 1 aliphatic carbocycles. The van der Waals surface area contributed by atoms with Gasteiger partial charge in [-0.25, -0.2) is 0 Å². The molecule has 5 heteroatoms. The quantitative estimate of drug-likeness (QED) is 0.721. The van der Waals surface area contributed by atoms with Crippen molar-refractivity contribution in [1.29, 1.82) is 0 Å². The van der Waals surface area contributed by atoms with Crippen molar-refractivity contribution in [3.63, 3.8) is 0 Å². The standard InChI is InChI=1S/C23H32O5/c1-16-20(24)12-23(2,3)13-21(22(16)28-19-6-5-11-26-15-19)27-14-17-7-9-18(25-4)10-8-17/h7-10,19,21H,5-6,11-15H2,1-4H3. The molecule has 2 aliphatic rings. The topological polar surface area (TPSA) is 54.0 Å². The summed E-state index contributed by atoms with van der Waals surface area (Å²) in [5, 5.41) is 0. The second-order valence-electron chi connectivity index (χ2n) is 8.56. The van der Waals surface area contributed by atoms with Crippen LogP contribution < -0.4 is 4.74 Å². The van der Waals surface area contributed by atoms with Gasteiger partial charge in [-0.1, -0.05) is 26.0 Å². The summed E-state index contributed by atoms with van der Waals surface area (Å²) in [6.07, 6.45) is 2.92. The van der Waals surface area contributed by atoms with Crippen LogP contribution in [0.5, 0.6) is 5.75 Å². The summed E-state index contributed by atoms with van der Waals surface area (Å²) in [6.45, 7) is 7.91. The van der Waals surface area contributed by atoms with Gasteiger partial charge in [-0.15, -0.1) is 0 Å². The van der Waals surface area contributed by atoms with Crippen LogP contribution in [0.2, 0.25) is 0 Å². The highest BCUT2D eigenvalue weighted by atomic mass is 16.6. The van der Waals surface area contributed by atoms with Crippen LogP contribution in [-0.4, -0.2) is 38.3 Å². The van der Waals surface area contributed by atoms with Gasteiger partial charge in [-0.05, 0) is 49.3 Å². The monoisotopic (exact) mass is 388 g/mol. The lowest BCUT2D eigenvalue weighted by Crippen LogP contribution is -2.30. The Hall–Kier alpha value is -1.85. The van der Waals surface area contributed by atoms with Crippen molar-refractivity contribution < 1.29 is 23.7 Å². The lowest BCUT2D eigenvalue weighted by atomic mass is 9.83. The first-order chi connectivity index (χ1) is 13.4. The number of ether oxygens (including phenoxy) is 4. The first-order valence-corrected chi connectivity index (χ1v) is 10.1. The van der Waals surface area contributed by atoms with E-state index in [2.05, 4.69) is 13.8 Å². The Bertz CT molecular complexity index is 698. The molecule has 1 aromatic rings. The molecule has 3 rings (SSSR count). The Morgan fingerprint density at radius 1 is 1.21 bits per heavy atom. The lowest BCUT2D eigenvalue weighted by molar-refractivity contribution is -0.117. The van der Waals surface area contributed by atoms with Gasteiger partial charge in [-0.2, -0.15) is 0 Å². The third-order valence-electron chi connectivity index (χ3n) is 5.48. The lowest BCUT2D eigenvalue weighted by Gasteiger charge is -2.31. The second-order valence-corrected chi connectivity index (χ2v) is 8.56. The molecule has 1 fully saturated rings. The number of carbonyl (C=O) groups excluding carboxylic acids is 1. The van der Waals surface area contributed by atoms with Crippen molar-refractivity contribution in [2.75, 3.05) is 20.3 Å². The molecule has 0 saturated carbocycles. The molecule has 154 valence electrons. The molecule has 2 atom stereocenters. The zero-order chi connectivity index (χ0) is 20.1. The zero-order valence-corrected chi connectivity index (χ0v) is 17.5. The maximum Gasteiger partial charge on any atom is 0.162 e. The minimum absolute atomic E-state index is 0.0141. The molecule has 5 nitrogen and oxygen atoms in total. The Kier molecular flexibility index (Phi) is 6.78. The number of allylic oxidation sites excluding steroid dienone is 1. The fourth-order valence-electron chi connectivity index (χ4n) is 3.81.